The molecule has 1 aromatic rings. The zero-order valence-electron chi connectivity index (χ0n) is 12.4. The Hall–Kier alpha value is -2.08. The van der Waals surface area contributed by atoms with Crippen molar-refractivity contribution < 1.29 is 19.8 Å². The minimum atomic E-state index is -1.03. The highest BCUT2D eigenvalue weighted by atomic mass is 16.4. The summed E-state index contributed by atoms with van der Waals surface area (Å²) in [5.74, 6) is -0.973. The number of rotatable bonds is 7. The van der Waals surface area contributed by atoms with E-state index in [1.54, 1.807) is 13.8 Å². The molecule has 116 valence electrons. The number of aliphatic hydroxyl groups excluding tert-OH is 1. The lowest BCUT2D eigenvalue weighted by Crippen LogP contribution is -2.46. The molecule has 0 aliphatic carbocycles. The first-order chi connectivity index (χ1) is 9.86. The average Bonchev–Trinajstić information content (AvgIpc) is 2.45. The van der Waals surface area contributed by atoms with Crippen molar-refractivity contribution in [2.75, 3.05) is 19.7 Å². The van der Waals surface area contributed by atoms with Crippen LogP contribution >= 0.6 is 0 Å². The summed E-state index contributed by atoms with van der Waals surface area (Å²) in [5, 5.41) is 20.7. The first-order valence-corrected chi connectivity index (χ1v) is 6.78. The molecule has 0 aromatic heterocycles. The lowest BCUT2D eigenvalue weighted by atomic mass is 9.94. The van der Waals surface area contributed by atoms with E-state index in [0.717, 1.165) is 5.56 Å². The summed E-state index contributed by atoms with van der Waals surface area (Å²) in [5.41, 5.74) is -0.0913. The van der Waals surface area contributed by atoms with Crippen molar-refractivity contribution in [3.05, 3.63) is 35.9 Å². The zero-order chi connectivity index (χ0) is 15.9. The van der Waals surface area contributed by atoms with E-state index in [9.17, 15) is 9.59 Å². The number of carboxylic acid groups (broad SMARTS) is 1. The van der Waals surface area contributed by atoms with Gasteiger partial charge in [-0.15, -0.1) is 0 Å². The molecule has 0 saturated carbocycles. The summed E-state index contributed by atoms with van der Waals surface area (Å²) in [6.07, 6.45) is 0. The molecule has 6 nitrogen and oxygen atoms in total. The van der Waals surface area contributed by atoms with E-state index in [4.69, 9.17) is 10.2 Å². The van der Waals surface area contributed by atoms with Crippen LogP contribution in [-0.2, 0) is 11.3 Å². The molecular weight excluding hydrogens is 272 g/mol. The van der Waals surface area contributed by atoms with Crippen LogP contribution in [0.1, 0.15) is 19.4 Å². The van der Waals surface area contributed by atoms with Crippen LogP contribution < -0.4 is 5.32 Å². The lowest BCUT2D eigenvalue weighted by Gasteiger charge is -2.25. The molecule has 0 fully saturated rings. The monoisotopic (exact) mass is 294 g/mol. The number of carbonyl (C=O) groups is 2. The van der Waals surface area contributed by atoms with Gasteiger partial charge in [-0.1, -0.05) is 30.3 Å². The molecule has 0 radical (unpaired) electrons. The molecule has 1 aromatic carbocycles. The minimum absolute atomic E-state index is 0.0257. The topological polar surface area (TPSA) is 89.9 Å². The Kier molecular flexibility index (Phi) is 6.17. The Morgan fingerprint density at radius 2 is 1.86 bits per heavy atom. The lowest BCUT2D eigenvalue weighted by molar-refractivity contribution is -0.146. The second kappa shape index (κ2) is 7.64. The van der Waals surface area contributed by atoms with Crippen molar-refractivity contribution >= 4 is 12.0 Å². The standard InChI is InChI=1S/C15H22N2O4/c1-15(2,13(19)20)11-16-14(21)17(8-9-18)10-12-6-4-3-5-7-12/h3-7,18H,8-11H2,1-2H3,(H,16,21)(H,19,20). The smallest absolute Gasteiger partial charge is 0.317 e. The maximum absolute atomic E-state index is 12.1. The quantitative estimate of drug-likeness (QED) is 0.707. The number of carboxylic acids is 1. The van der Waals surface area contributed by atoms with Crippen LogP contribution in [0.3, 0.4) is 0 Å². The average molecular weight is 294 g/mol. The maximum atomic E-state index is 12.1. The molecule has 0 saturated heterocycles. The largest absolute Gasteiger partial charge is 0.481 e. The Labute approximate surface area is 124 Å². The van der Waals surface area contributed by atoms with Crippen LogP contribution in [-0.4, -0.2) is 46.8 Å². The van der Waals surface area contributed by atoms with E-state index >= 15 is 0 Å². The summed E-state index contributed by atoms with van der Waals surface area (Å²) < 4.78 is 0. The highest BCUT2D eigenvalue weighted by molar-refractivity contribution is 5.77. The number of nitrogens with zero attached hydrogens (tertiary/aromatic N) is 1. The number of hydrogen-bond acceptors (Lipinski definition) is 3. The Morgan fingerprint density at radius 1 is 1.24 bits per heavy atom. The molecule has 21 heavy (non-hydrogen) atoms. The summed E-state index contributed by atoms with van der Waals surface area (Å²) in [6, 6.07) is 9.02. The van der Waals surface area contributed by atoms with Gasteiger partial charge < -0.3 is 20.4 Å². The Bertz CT molecular complexity index is 474. The van der Waals surface area contributed by atoms with Gasteiger partial charge in [-0.25, -0.2) is 4.79 Å². The fraction of sp³-hybridized carbons (Fsp3) is 0.467. The summed E-state index contributed by atoms with van der Waals surface area (Å²) in [4.78, 5) is 24.6. The summed E-state index contributed by atoms with van der Waals surface area (Å²) >= 11 is 0. The molecule has 3 N–H and O–H groups in total. The second-order valence-corrected chi connectivity index (χ2v) is 5.48. The van der Waals surface area contributed by atoms with Crippen LogP contribution in [0.4, 0.5) is 4.79 Å². The van der Waals surface area contributed by atoms with E-state index in [1.807, 2.05) is 30.3 Å². The first-order valence-electron chi connectivity index (χ1n) is 6.78. The number of benzene rings is 1. The van der Waals surface area contributed by atoms with Crippen molar-refractivity contribution in [3.8, 4) is 0 Å². The number of amides is 2. The predicted molar refractivity (Wildman–Crippen MR) is 78.8 cm³/mol. The minimum Gasteiger partial charge on any atom is -0.481 e. The molecular formula is C15H22N2O4. The number of urea groups is 1. The molecule has 0 heterocycles. The van der Waals surface area contributed by atoms with Crippen LogP contribution in [0.25, 0.3) is 0 Å². The van der Waals surface area contributed by atoms with Crippen LogP contribution in [0.5, 0.6) is 0 Å². The van der Waals surface area contributed by atoms with Gasteiger partial charge >= 0.3 is 12.0 Å². The number of carbonyl (C=O) groups excluding carboxylic acids is 1. The fourth-order valence-electron chi connectivity index (χ4n) is 1.66. The third kappa shape index (κ3) is 5.43. The molecule has 0 aliphatic heterocycles. The van der Waals surface area contributed by atoms with Gasteiger partial charge in [-0.3, -0.25) is 4.79 Å². The van der Waals surface area contributed by atoms with Gasteiger partial charge in [-0.05, 0) is 19.4 Å². The van der Waals surface area contributed by atoms with Gasteiger partial charge in [-0.2, -0.15) is 0 Å². The normalized spacial score (nSPS) is 11.0. The predicted octanol–water partition coefficient (Wildman–Crippen LogP) is 1.30. The molecule has 0 spiro atoms. The molecule has 0 bridgehead atoms. The van der Waals surface area contributed by atoms with E-state index < -0.39 is 11.4 Å². The van der Waals surface area contributed by atoms with Crippen molar-refractivity contribution in [3.63, 3.8) is 0 Å². The van der Waals surface area contributed by atoms with Gasteiger partial charge in [0.25, 0.3) is 0 Å². The first kappa shape index (κ1) is 17.0. The van der Waals surface area contributed by atoms with E-state index in [2.05, 4.69) is 5.32 Å². The molecule has 6 heteroatoms. The van der Waals surface area contributed by atoms with Gasteiger partial charge in [0.2, 0.25) is 0 Å². The van der Waals surface area contributed by atoms with E-state index in [-0.39, 0.29) is 25.7 Å². The highest BCUT2D eigenvalue weighted by Gasteiger charge is 2.28. The number of nitrogens with one attached hydrogen (secondary N) is 1. The van der Waals surface area contributed by atoms with Gasteiger partial charge in [0.05, 0.1) is 12.0 Å². The number of hydrogen-bond donors (Lipinski definition) is 3. The van der Waals surface area contributed by atoms with Gasteiger partial charge in [0, 0.05) is 19.6 Å². The van der Waals surface area contributed by atoms with Gasteiger partial charge in [0.15, 0.2) is 0 Å². The molecule has 0 aliphatic rings. The van der Waals surface area contributed by atoms with Gasteiger partial charge in [0.1, 0.15) is 0 Å². The zero-order valence-corrected chi connectivity index (χ0v) is 12.4. The summed E-state index contributed by atoms with van der Waals surface area (Å²) in [7, 11) is 0. The van der Waals surface area contributed by atoms with Crippen LogP contribution in [0, 0.1) is 5.41 Å². The number of aliphatic carboxylic acids is 1. The van der Waals surface area contributed by atoms with Crippen LogP contribution in [0.2, 0.25) is 0 Å². The SMILES string of the molecule is CC(C)(CNC(=O)N(CCO)Cc1ccccc1)C(=O)O. The summed E-state index contributed by atoms with van der Waals surface area (Å²) in [6.45, 7) is 3.52. The maximum Gasteiger partial charge on any atom is 0.317 e. The van der Waals surface area contributed by atoms with Crippen molar-refractivity contribution in [2.45, 2.75) is 20.4 Å². The van der Waals surface area contributed by atoms with E-state index in [0.29, 0.717) is 6.54 Å². The molecule has 1 rings (SSSR count). The van der Waals surface area contributed by atoms with Crippen molar-refractivity contribution in [1.82, 2.24) is 10.2 Å². The Balaban J connectivity index is 2.63. The Morgan fingerprint density at radius 3 is 2.38 bits per heavy atom. The molecule has 0 atom stereocenters. The third-order valence-corrected chi connectivity index (χ3v) is 3.13. The highest BCUT2D eigenvalue weighted by Crippen LogP contribution is 2.13. The second-order valence-electron chi connectivity index (χ2n) is 5.48. The third-order valence-electron chi connectivity index (χ3n) is 3.13. The van der Waals surface area contributed by atoms with E-state index in [1.165, 1.54) is 4.90 Å². The molecule has 2 amide bonds. The van der Waals surface area contributed by atoms with Crippen molar-refractivity contribution in [1.29, 1.82) is 0 Å². The number of aliphatic hydroxyl groups is 1. The van der Waals surface area contributed by atoms with Crippen molar-refractivity contribution in [2.24, 2.45) is 5.41 Å². The van der Waals surface area contributed by atoms with Crippen LogP contribution in [0.15, 0.2) is 30.3 Å². The fourth-order valence-corrected chi connectivity index (χ4v) is 1.66. The molecule has 0 unspecified atom stereocenters.